The number of nitrogens with one attached hydrogen (secondary N) is 1. The molecule has 3 rings (SSSR count). The standard InChI is InChI=1S/C19H21N3O4/c1-3-26-15-8-6-14(7-9-15)20-10-13-5-4-12(2)22-17(13)21-11-16(18(22)23)19(24)25/h6-12,20H,3-5H2,1-2H3,(H,24,25)/b13-10+. The molecule has 1 aliphatic rings. The fraction of sp³-hybridized carbons (Fsp3) is 0.316. The number of ether oxygens (including phenoxy) is 1. The average molecular weight is 355 g/mol. The maximum Gasteiger partial charge on any atom is 0.342 e. The number of carboxylic acid groups (broad SMARTS) is 1. The van der Waals surface area contributed by atoms with Gasteiger partial charge in [-0.15, -0.1) is 0 Å². The van der Waals surface area contributed by atoms with Crippen LogP contribution in [0.25, 0.3) is 5.57 Å². The third-order valence-corrected chi connectivity index (χ3v) is 4.36. The second-order valence-corrected chi connectivity index (χ2v) is 6.13. The van der Waals surface area contributed by atoms with Crippen molar-refractivity contribution in [2.24, 2.45) is 0 Å². The van der Waals surface area contributed by atoms with Crippen molar-refractivity contribution in [1.29, 1.82) is 0 Å². The molecule has 1 atom stereocenters. The fourth-order valence-electron chi connectivity index (χ4n) is 2.99. The van der Waals surface area contributed by atoms with Gasteiger partial charge in [-0.1, -0.05) is 0 Å². The van der Waals surface area contributed by atoms with E-state index in [9.17, 15) is 9.59 Å². The maximum absolute atomic E-state index is 12.5. The van der Waals surface area contributed by atoms with Crippen molar-refractivity contribution in [3.05, 3.63) is 58.4 Å². The molecule has 0 saturated heterocycles. The van der Waals surface area contributed by atoms with Crippen LogP contribution in [0.5, 0.6) is 5.75 Å². The van der Waals surface area contributed by atoms with Gasteiger partial charge in [-0.2, -0.15) is 0 Å². The number of aromatic carboxylic acids is 1. The Kier molecular flexibility index (Phi) is 5.06. The summed E-state index contributed by atoms with van der Waals surface area (Å²) in [6.07, 6.45) is 4.46. The van der Waals surface area contributed by atoms with Crippen LogP contribution in [0.2, 0.25) is 0 Å². The van der Waals surface area contributed by atoms with Crippen LogP contribution in [0.4, 0.5) is 5.69 Å². The minimum atomic E-state index is -1.26. The summed E-state index contributed by atoms with van der Waals surface area (Å²) in [5, 5.41) is 12.3. The highest BCUT2D eigenvalue weighted by atomic mass is 16.5. The van der Waals surface area contributed by atoms with Crippen molar-refractivity contribution in [3.8, 4) is 5.75 Å². The normalized spacial score (nSPS) is 17.6. The zero-order valence-corrected chi connectivity index (χ0v) is 14.7. The summed E-state index contributed by atoms with van der Waals surface area (Å²) in [5.41, 5.74) is 0.935. The van der Waals surface area contributed by atoms with Crippen molar-refractivity contribution in [3.63, 3.8) is 0 Å². The Labute approximate surface area is 151 Å². The molecule has 136 valence electrons. The number of anilines is 1. The number of hydrogen-bond donors (Lipinski definition) is 2. The molecule has 0 spiro atoms. The van der Waals surface area contributed by atoms with Gasteiger partial charge >= 0.3 is 5.97 Å². The quantitative estimate of drug-likeness (QED) is 0.856. The molecule has 7 nitrogen and oxygen atoms in total. The van der Waals surface area contributed by atoms with Crippen LogP contribution in [-0.2, 0) is 0 Å². The van der Waals surface area contributed by atoms with Gasteiger partial charge in [-0.25, -0.2) is 9.78 Å². The summed E-state index contributed by atoms with van der Waals surface area (Å²) in [6.45, 7) is 4.45. The molecule has 0 aliphatic carbocycles. The van der Waals surface area contributed by atoms with Crippen LogP contribution in [0.1, 0.15) is 48.9 Å². The monoisotopic (exact) mass is 355 g/mol. The molecule has 0 bridgehead atoms. The van der Waals surface area contributed by atoms with Gasteiger partial charge in [0.2, 0.25) is 0 Å². The Hall–Kier alpha value is -3.09. The average Bonchev–Trinajstić information content (AvgIpc) is 2.62. The molecule has 26 heavy (non-hydrogen) atoms. The lowest BCUT2D eigenvalue weighted by molar-refractivity contribution is 0.0693. The van der Waals surface area contributed by atoms with Gasteiger partial charge in [0.1, 0.15) is 17.1 Å². The second-order valence-electron chi connectivity index (χ2n) is 6.13. The van der Waals surface area contributed by atoms with E-state index in [1.807, 2.05) is 44.3 Å². The molecule has 0 radical (unpaired) electrons. The van der Waals surface area contributed by atoms with Gasteiger partial charge < -0.3 is 15.2 Å². The Bertz CT molecular complexity index is 900. The number of carbonyl (C=O) groups is 1. The van der Waals surface area contributed by atoms with Crippen molar-refractivity contribution in [2.75, 3.05) is 11.9 Å². The van der Waals surface area contributed by atoms with Gasteiger partial charge in [0.05, 0.1) is 6.61 Å². The molecule has 1 aromatic heterocycles. The van der Waals surface area contributed by atoms with Gasteiger partial charge in [0.15, 0.2) is 0 Å². The van der Waals surface area contributed by atoms with Gasteiger partial charge in [0, 0.05) is 29.7 Å². The molecule has 0 amide bonds. The van der Waals surface area contributed by atoms with E-state index in [2.05, 4.69) is 10.3 Å². The number of allylic oxidation sites excluding steroid dienone is 1. The predicted octanol–water partition coefficient (Wildman–Crippen LogP) is 3.15. The van der Waals surface area contributed by atoms with E-state index < -0.39 is 11.5 Å². The summed E-state index contributed by atoms with van der Waals surface area (Å²) in [4.78, 5) is 27.9. The topological polar surface area (TPSA) is 93.4 Å². The SMILES string of the molecule is CCOc1ccc(N/C=C2\CCC(C)n3c2ncc(C(=O)O)c3=O)cc1. The molecule has 1 aromatic carbocycles. The van der Waals surface area contributed by atoms with Crippen LogP contribution in [0.3, 0.4) is 0 Å². The second kappa shape index (κ2) is 7.43. The lowest BCUT2D eigenvalue weighted by Gasteiger charge is -2.26. The number of fused-ring (bicyclic) bond motifs is 1. The summed E-state index contributed by atoms with van der Waals surface area (Å²) >= 11 is 0. The van der Waals surface area contributed by atoms with E-state index >= 15 is 0 Å². The number of benzene rings is 1. The van der Waals surface area contributed by atoms with E-state index in [0.29, 0.717) is 12.4 Å². The molecule has 7 heteroatoms. The van der Waals surface area contributed by atoms with Crippen LogP contribution in [0, 0.1) is 0 Å². The molecular formula is C19H21N3O4. The number of hydrogen-bond acceptors (Lipinski definition) is 5. The van der Waals surface area contributed by atoms with E-state index in [4.69, 9.17) is 9.84 Å². The first-order valence-corrected chi connectivity index (χ1v) is 8.55. The van der Waals surface area contributed by atoms with Crippen molar-refractivity contribution in [1.82, 2.24) is 9.55 Å². The van der Waals surface area contributed by atoms with E-state index in [1.165, 1.54) is 4.57 Å². The molecular weight excluding hydrogens is 334 g/mol. The zero-order chi connectivity index (χ0) is 18.7. The number of rotatable bonds is 5. The smallest absolute Gasteiger partial charge is 0.342 e. The largest absolute Gasteiger partial charge is 0.494 e. The number of aromatic nitrogens is 2. The van der Waals surface area contributed by atoms with Gasteiger partial charge in [0.25, 0.3) is 5.56 Å². The lowest BCUT2D eigenvalue weighted by Crippen LogP contribution is -2.34. The predicted molar refractivity (Wildman–Crippen MR) is 98.6 cm³/mol. The molecule has 0 fully saturated rings. The molecule has 0 saturated carbocycles. The molecule has 2 aromatic rings. The summed E-state index contributed by atoms with van der Waals surface area (Å²) in [5.74, 6) is 0.0581. The minimum absolute atomic E-state index is 0.0908. The highest BCUT2D eigenvalue weighted by Gasteiger charge is 2.25. The first-order chi connectivity index (χ1) is 12.5. The highest BCUT2D eigenvalue weighted by molar-refractivity contribution is 5.87. The van der Waals surface area contributed by atoms with Crippen LogP contribution in [-0.4, -0.2) is 27.2 Å². The van der Waals surface area contributed by atoms with Crippen LogP contribution >= 0.6 is 0 Å². The van der Waals surface area contributed by atoms with Gasteiger partial charge in [-0.05, 0) is 51.0 Å². The third kappa shape index (κ3) is 3.46. The summed E-state index contributed by atoms with van der Waals surface area (Å²) in [7, 11) is 0. The summed E-state index contributed by atoms with van der Waals surface area (Å²) < 4.78 is 6.89. The van der Waals surface area contributed by atoms with Crippen LogP contribution < -0.4 is 15.6 Å². The van der Waals surface area contributed by atoms with Crippen LogP contribution in [0.15, 0.2) is 41.5 Å². The third-order valence-electron chi connectivity index (χ3n) is 4.36. The Morgan fingerprint density at radius 2 is 2.15 bits per heavy atom. The maximum atomic E-state index is 12.5. The highest BCUT2D eigenvalue weighted by Crippen LogP contribution is 2.30. The van der Waals surface area contributed by atoms with E-state index in [-0.39, 0.29) is 11.6 Å². The Morgan fingerprint density at radius 1 is 1.42 bits per heavy atom. The minimum Gasteiger partial charge on any atom is -0.494 e. The lowest BCUT2D eigenvalue weighted by atomic mass is 10.0. The van der Waals surface area contributed by atoms with Crippen molar-refractivity contribution < 1.29 is 14.6 Å². The van der Waals surface area contributed by atoms with Crippen molar-refractivity contribution >= 4 is 17.2 Å². The Morgan fingerprint density at radius 3 is 2.81 bits per heavy atom. The Balaban J connectivity index is 1.89. The molecule has 2 N–H and O–H groups in total. The molecule has 1 aliphatic heterocycles. The molecule has 2 heterocycles. The first-order valence-electron chi connectivity index (χ1n) is 8.55. The zero-order valence-electron chi connectivity index (χ0n) is 14.7. The van der Waals surface area contributed by atoms with Crippen molar-refractivity contribution in [2.45, 2.75) is 32.7 Å². The fourth-order valence-corrected chi connectivity index (χ4v) is 2.99. The number of carboxylic acids is 1. The first kappa shape index (κ1) is 17.7. The van der Waals surface area contributed by atoms with E-state index in [1.54, 1.807) is 0 Å². The number of nitrogens with zero attached hydrogens (tertiary/aromatic N) is 2. The molecule has 1 unspecified atom stereocenters. The summed E-state index contributed by atoms with van der Waals surface area (Å²) in [6, 6.07) is 7.47. The van der Waals surface area contributed by atoms with E-state index in [0.717, 1.165) is 36.0 Å². The van der Waals surface area contributed by atoms with Gasteiger partial charge in [-0.3, -0.25) is 9.36 Å².